The minimum Gasteiger partial charge on any atom is -0.340 e. The standard InChI is InChI=1S/C23H28N4O2/c1-5-13-27-19-12-7-6-11-18(19)24-23(27)26-22(29)20(15(2)3)25-21(28)17-10-8-9-16(4)14-17/h6-12,14-15,20H,5,13H2,1-4H3,(H,25,28)(H,24,26,29). The van der Waals surface area contributed by atoms with E-state index in [-0.39, 0.29) is 17.7 Å². The maximum Gasteiger partial charge on any atom is 0.251 e. The fraction of sp³-hybridized carbons (Fsp3) is 0.348. The van der Waals surface area contributed by atoms with Crippen molar-refractivity contribution >= 4 is 28.8 Å². The number of fused-ring (bicyclic) bond motifs is 1. The predicted molar refractivity (Wildman–Crippen MR) is 116 cm³/mol. The van der Waals surface area contributed by atoms with Crippen molar-refractivity contribution in [2.45, 2.75) is 46.7 Å². The lowest BCUT2D eigenvalue weighted by Crippen LogP contribution is -2.47. The maximum absolute atomic E-state index is 13.0. The van der Waals surface area contributed by atoms with Gasteiger partial charge in [-0.25, -0.2) is 4.98 Å². The van der Waals surface area contributed by atoms with Crippen LogP contribution < -0.4 is 10.6 Å². The Morgan fingerprint density at radius 1 is 1.10 bits per heavy atom. The summed E-state index contributed by atoms with van der Waals surface area (Å²) in [6.45, 7) is 8.59. The second kappa shape index (κ2) is 8.90. The molecule has 3 aromatic rings. The molecule has 0 aliphatic carbocycles. The van der Waals surface area contributed by atoms with Crippen molar-refractivity contribution in [1.29, 1.82) is 0 Å². The zero-order chi connectivity index (χ0) is 21.0. The molecule has 29 heavy (non-hydrogen) atoms. The average molecular weight is 393 g/mol. The van der Waals surface area contributed by atoms with Gasteiger partial charge < -0.3 is 9.88 Å². The molecule has 3 rings (SSSR count). The number of benzene rings is 2. The van der Waals surface area contributed by atoms with E-state index in [0.717, 1.165) is 29.6 Å². The van der Waals surface area contributed by atoms with Gasteiger partial charge in [0, 0.05) is 12.1 Å². The third-order valence-electron chi connectivity index (χ3n) is 4.85. The van der Waals surface area contributed by atoms with Crippen LogP contribution in [0, 0.1) is 12.8 Å². The minimum atomic E-state index is -0.669. The molecule has 6 heteroatoms. The summed E-state index contributed by atoms with van der Waals surface area (Å²) in [5.74, 6) is -0.0976. The number of carbonyl (C=O) groups is 2. The van der Waals surface area contributed by atoms with Gasteiger partial charge in [-0.15, -0.1) is 0 Å². The molecule has 0 fully saturated rings. The van der Waals surface area contributed by atoms with Crippen LogP contribution in [-0.2, 0) is 11.3 Å². The number of aromatic nitrogens is 2. The van der Waals surface area contributed by atoms with Crippen LogP contribution in [-0.4, -0.2) is 27.4 Å². The van der Waals surface area contributed by atoms with Crippen LogP contribution in [0.3, 0.4) is 0 Å². The van der Waals surface area contributed by atoms with E-state index in [0.29, 0.717) is 11.5 Å². The molecule has 0 bridgehead atoms. The second-order valence-corrected chi connectivity index (χ2v) is 7.63. The molecule has 0 spiro atoms. The van der Waals surface area contributed by atoms with Crippen molar-refractivity contribution in [3.8, 4) is 0 Å². The Hall–Kier alpha value is -3.15. The predicted octanol–water partition coefficient (Wildman–Crippen LogP) is 4.15. The van der Waals surface area contributed by atoms with E-state index in [9.17, 15) is 9.59 Å². The lowest BCUT2D eigenvalue weighted by molar-refractivity contribution is -0.119. The maximum atomic E-state index is 13.0. The van der Waals surface area contributed by atoms with Gasteiger partial charge in [0.15, 0.2) is 0 Å². The second-order valence-electron chi connectivity index (χ2n) is 7.63. The quantitative estimate of drug-likeness (QED) is 0.634. The molecule has 0 aliphatic rings. The lowest BCUT2D eigenvalue weighted by Gasteiger charge is -2.22. The van der Waals surface area contributed by atoms with Gasteiger partial charge in [0.2, 0.25) is 11.9 Å². The number of carbonyl (C=O) groups excluding carboxylic acids is 2. The number of para-hydroxylation sites is 2. The Balaban J connectivity index is 1.82. The van der Waals surface area contributed by atoms with Crippen molar-refractivity contribution in [2.24, 2.45) is 5.92 Å². The van der Waals surface area contributed by atoms with E-state index >= 15 is 0 Å². The zero-order valence-electron chi connectivity index (χ0n) is 17.4. The van der Waals surface area contributed by atoms with Gasteiger partial charge in [0.25, 0.3) is 5.91 Å². The summed E-state index contributed by atoms with van der Waals surface area (Å²) in [5, 5.41) is 5.81. The number of nitrogens with one attached hydrogen (secondary N) is 2. The normalized spacial score (nSPS) is 12.2. The summed E-state index contributed by atoms with van der Waals surface area (Å²) in [4.78, 5) is 30.3. The summed E-state index contributed by atoms with van der Waals surface area (Å²) in [6.07, 6.45) is 0.918. The molecule has 1 unspecified atom stereocenters. The molecule has 152 valence electrons. The molecule has 2 amide bonds. The van der Waals surface area contributed by atoms with Crippen molar-refractivity contribution in [3.63, 3.8) is 0 Å². The van der Waals surface area contributed by atoms with Crippen LogP contribution in [0.5, 0.6) is 0 Å². The summed E-state index contributed by atoms with van der Waals surface area (Å²) in [5.41, 5.74) is 3.36. The molecule has 0 aliphatic heterocycles. The number of aryl methyl sites for hydroxylation is 2. The number of imidazole rings is 1. The number of rotatable bonds is 7. The fourth-order valence-corrected chi connectivity index (χ4v) is 3.35. The van der Waals surface area contributed by atoms with Gasteiger partial charge in [-0.3, -0.25) is 14.9 Å². The van der Waals surface area contributed by atoms with Crippen molar-refractivity contribution in [1.82, 2.24) is 14.9 Å². The van der Waals surface area contributed by atoms with Crippen LogP contribution in [0.15, 0.2) is 48.5 Å². The van der Waals surface area contributed by atoms with E-state index in [1.54, 1.807) is 6.07 Å². The van der Waals surface area contributed by atoms with Crippen LogP contribution in [0.1, 0.15) is 43.1 Å². The van der Waals surface area contributed by atoms with Gasteiger partial charge in [-0.2, -0.15) is 0 Å². The Morgan fingerprint density at radius 2 is 1.86 bits per heavy atom. The highest BCUT2D eigenvalue weighted by Crippen LogP contribution is 2.20. The first-order chi connectivity index (χ1) is 13.9. The van der Waals surface area contributed by atoms with Crippen molar-refractivity contribution in [3.05, 3.63) is 59.7 Å². The van der Waals surface area contributed by atoms with Crippen molar-refractivity contribution in [2.75, 3.05) is 5.32 Å². The van der Waals surface area contributed by atoms with E-state index in [1.807, 2.05) is 67.8 Å². The largest absolute Gasteiger partial charge is 0.340 e. The van der Waals surface area contributed by atoms with E-state index in [1.165, 1.54) is 0 Å². The molecule has 0 saturated carbocycles. The van der Waals surface area contributed by atoms with Gasteiger partial charge in [-0.05, 0) is 43.5 Å². The zero-order valence-corrected chi connectivity index (χ0v) is 17.4. The number of nitrogens with zero attached hydrogens (tertiary/aromatic N) is 2. The molecule has 0 radical (unpaired) electrons. The number of amides is 2. The summed E-state index contributed by atoms with van der Waals surface area (Å²) in [6, 6.07) is 14.5. The highest BCUT2D eigenvalue weighted by molar-refractivity contribution is 6.01. The van der Waals surface area contributed by atoms with Gasteiger partial charge in [0.1, 0.15) is 6.04 Å². The van der Waals surface area contributed by atoms with Crippen LogP contribution in [0.4, 0.5) is 5.95 Å². The van der Waals surface area contributed by atoms with Gasteiger partial charge in [0.05, 0.1) is 11.0 Å². The van der Waals surface area contributed by atoms with Crippen molar-refractivity contribution < 1.29 is 9.59 Å². The Morgan fingerprint density at radius 3 is 2.55 bits per heavy atom. The first-order valence-corrected chi connectivity index (χ1v) is 10.0. The minimum absolute atomic E-state index is 0.0761. The topological polar surface area (TPSA) is 76.0 Å². The van der Waals surface area contributed by atoms with Gasteiger partial charge >= 0.3 is 0 Å². The third kappa shape index (κ3) is 4.65. The lowest BCUT2D eigenvalue weighted by atomic mass is 10.0. The summed E-state index contributed by atoms with van der Waals surface area (Å²) in [7, 11) is 0. The Kier molecular flexibility index (Phi) is 6.32. The van der Waals surface area contributed by atoms with E-state index in [2.05, 4.69) is 22.5 Å². The molecular formula is C23H28N4O2. The average Bonchev–Trinajstić information content (AvgIpc) is 3.03. The number of hydrogen-bond acceptors (Lipinski definition) is 3. The SMILES string of the molecule is CCCn1c(NC(=O)C(NC(=O)c2cccc(C)c2)C(C)C)nc2ccccc21. The van der Waals surface area contributed by atoms with Gasteiger partial charge in [-0.1, -0.05) is 50.6 Å². The summed E-state index contributed by atoms with van der Waals surface area (Å²) < 4.78 is 2.01. The fourth-order valence-electron chi connectivity index (χ4n) is 3.35. The Bertz CT molecular complexity index is 1020. The smallest absolute Gasteiger partial charge is 0.251 e. The molecule has 6 nitrogen and oxygen atoms in total. The van der Waals surface area contributed by atoms with Crippen LogP contribution >= 0.6 is 0 Å². The first-order valence-electron chi connectivity index (χ1n) is 10.0. The van der Waals surface area contributed by atoms with E-state index < -0.39 is 6.04 Å². The highest BCUT2D eigenvalue weighted by atomic mass is 16.2. The summed E-state index contributed by atoms with van der Waals surface area (Å²) >= 11 is 0. The number of anilines is 1. The van der Waals surface area contributed by atoms with Crippen LogP contribution in [0.2, 0.25) is 0 Å². The monoisotopic (exact) mass is 392 g/mol. The first kappa shape index (κ1) is 20.6. The molecule has 1 heterocycles. The molecule has 2 N–H and O–H groups in total. The highest BCUT2D eigenvalue weighted by Gasteiger charge is 2.26. The molecule has 1 atom stereocenters. The molecule has 0 saturated heterocycles. The van der Waals surface area contributed by atoms with Crippen LogP contribution in [0.25, 0.3) is 11.0 Å². The molecule has 2 aromatic carbocycles. The Labute approximate surface area is 171 Å². The molecule has 1 aromatic heterocycles. The molecular weight excluding hydrogens is 364 g/mol. The third-order valence-corrected chi connectivity index (χ3v) is 4.85. The van der Waals surface area contributed by atoms with E-state index in [4.69, 9.17) is 0 Å². The number of hydrogen-bond donors (Lipinski definition) is 2.